The molecule has 0 bridgehead atoms. The Kier molecular flexibility index (Phi) is 19.6. The monoisotopic (exact) mass is 637 g/mol. The molecule has 0 aliphatic heterocycles. The van der Waals surface area contributed by atoms with E-state index in [1.54, 1.807) is 0 Å². The van der Waals surface area contributed by atoms with Crippen LogP contribution in [0.2, 0.25) is 0 Å². The topological polar surface area (TPSA) is 54.8 Å². The summed E-state index contributed by atoms with van der Waals surface area (Å²) < 4.78 is 0. The second-order valence-electron chi connectivity index (χ2n) is 6.13. The highest BCUT2D eigenvalue weighted by Gasteiger charge is 2.07. The van der Waals surface area contributed by atoms with E-state index in [9.17, 15) is 0 Å². The van der Waals surface area contributed by atoms with Crippen molar-refractivity contribution in [3.05, 3.63) is 58.9 Å². The molecule has 0 fully saturated rings. The summed E-state index contributed by atoms with van der Waals surface area (Å²) in [5, 5.41) is 0. The van der Waals surface area contributed by atoms with Crippen LogP contribution in [-0.2, 0) is 6.54 Å². The van der Waals surface area contributed by atoms with E-state index >= 15 is 0 Å². The molecule has 0 saturated carbocycles. The molecule has 0 atom stereocenters. The van der Waals surface area contributed by atoms with Crippen LogP contribution in [0.15, 0.2) is 30.3 Å². The number of rotatable bonds is 2. The molecule has 168 valence electrons. The van der Waals surface area contributed by atoms with E-state index in [0.29, 0.717) is 0 Å². The van der Waals surface area contributed by atoms with Crippen LogP contribution < -0.4 is 0 Å². The van der Waals surface area contributed by atoms with Gasteiger partial charge in [-0.3, -0.25) is 0 Å². The van der Waals surface area contributed by atoms with Crippen molar-refractivity contribution >= 4 is 48.3 Å². The van der Waals surface area contributed by atoms with Gasteiger partial charge in [0.05, 0.1) is 11.4 Å². The van der Waals surface area contributed by atoms with Crippen LogP contribution >= 0.6 is 37.2 Å². The number of halogens is 2. The first-order valence-electron chi connectivity index (χ1n) is 10.2. The minimum absolute atomic E-state index is 0.769. The van der Waals surface area contributed by atoms with Crippen LogP contribution in [0.1, 0.15) is 56.3 Å². The highest BCUT2D eigenvalue weighted by molar-refractivity contribution is 15.0. The van der Waals surface area contributed by atoms with Gasteiger partial charge in [0.2, 0.25) is 0 Å². The van der Waals surface area contributed by atoms with Crippen molar-refractivity contribution in [2.45, 2.75) is 61.9 Å². The Morgan fingerprint density at radius 3 is 1.37 bits per heavy atom. The molecule has 3 aromatic rings. The molecule has 3 rings (SSSR count). The third-order valence-corrected chi connectivity index (χ3v) is 3.46. The number of fused-ring (bicyclic) bond motifs is 1. The highest BCUT2D eigenvalue weighted by Crippen LogP contribution is 2.15. The van der Waals surface area contributed by atoms with Crippen LogP contribution in [0, 0.1) is 27.7 Å². The lowest BCUT2D eigenvalue weighted by atomic mass is 10.2. The Balaban J connectivity index is 0. The van der Waals surface area contributed by atoms with Gasteiger partial charge in [0.1, 0.15) is 22.7 Å². The predicted molar refractivity (Wildman–Crippen MR) is 149 cm³/mol. The minimum Gasteiger partial charge on any atom is -0.305 e. The number of hydrogen-bond donors (Lipinski definition) is 0. The van der Waals surface area contributed by atoms with E-state index in [2.05, 4.69) is 100 Å². The van der Waals surface area contributed by atoms with Crippen LogP contribution in [0.25, 0.3) is 11.0 Å². The first-order chi connectivity index (χ1) is 14.4. The van der Waals surface area contributed by atoms with Gasteiger partial charge in [-0.25, -0.2) is 19.9 Å². The largest absolute Gasteiger partial charge is 0.305 e. The first kappa shape index (κ1) is 31.2. The van der Waals surface area contributed by atoms with E-state index in [0.717, 1.165) is 40.6 Å². The van der Waals surface area contributed by atoms with Gasteiger partial charge in [0.25, 0.3) is 0 Å². The van der Waals surface area contributed by atoms with Crippen LogP contribution in [0.5, 0.6) is 0 Å². The fraction of sp³-hybridized carbons (Fsp3) is 0.478. The van der Waals surface area contributed by atoms with E-state index < -0.39 is 0 Å². The third-order valence-electron chi connectivity index (χ3n) is 3.46. The molecule has 0 saturated heterocycles. The molecular weight excluding hydrogens is 600 g/mol. The van der Waals surface area contributed by atoms with Gasteiger partial charge in [0, 0.05) is 43.8 Å². The minimum atomic E-state index is 0.769. The maximum atomic E-state index is 4.34. The summed E-state index contributed by atoms with van der Waals surface area (Å²) >= 11 is 4.24. The van der Waals surface area contributed by atoms with E-state index in [-0.39, 0.29) is 0 Å². The second kappa shape index (κ2) is 18.8. The highest BCUT2D eigenvalue weighted by atomic mass is 128. The summed E-state index contributed by atoms with van der Waals surface area (Å²) in [7, 11) is 4.15. The molecule has 30 heavy (non-hydrogen) atoms. The average molecular weight is 637 g/mol. The van der Waals surface area contributed by atoms with Crippen molar-refractivity contribution in [2.75, 3.05) is 14.1 Å². The van der Waals surface area contributed by atoms with E-state index in [4.69, 9.17) is 0 Å². The Hall–Kier alpha value is -0.940. The van der Waals surface area contributed by atoms with Crippen molar-refractivity contribution in [3.8, 4) is 0 Å². The molecule has 2 heterocycles. The van der Waals surface area contributed by atoms with Crippen molar-refractivity contribution in [1.29, 1.82) is 0 Å². The maximum absolute atomic E-state index is 4.34. The predicted octanol–water partition coefficient (Wildman–Crippen LogP) is 7.23. The molecule has 0 aliphatic carbocycles. The number of hydrogen-bond acceptors (Lipinski definition) is 5. The zero-order valence-corrected chi connectivity index (χ0v) is 24.4. The third kappa shape index (κ3) is 12.0. The van der Waals surface area contributed by atoms with Crippen molar-refractivity contribution in [3.63, 3.8) is 0 Å². The van der Waals surface area contributed by atoms with Gasteiger partial charge in [0.15, 0.2) is 0 Å². The summed E-state index contributed by atoms with van der Waals surface area (Å²) in [5.41, 5.74) is 4.93. The molecule has 0 radical (unpaired) electrons. The Bertz CT molecular complexity index is 777. The fourth-order valence-electron chi connectivity index (χ4n) is 2.52. The van der Waals surface area contributed by atoms with Gasteiger partial charge < -0.3 is 4.90 Å². The number of nitrogens with zero attached hydrogens (tertiary/aromatic N) is 5. The van der Waals surface area contributed by atoms with Gasteiger partial charge in [-0.1, -0.05) is 58.0 Å². The second-order valence-corrected chi connectivity index (χ2v) is 6.13. The molecule has 0 unspecified atom stereocenters. The molecule has 0 spiro atoms. The molecule has 7 heteroatoms. The normalized spacial score (nSPS) is 9.10. The average Bonchev–Trinajstić information content (AvgIpc) is 2.74. The van der Waals surface area contributed by atoms with E-state index in [1.807, 2.05) is 61.5 Å². The molecule has 0 aliphatic rings. The van der Waals surface area contributed by atoms with Gasteiger partial charge in [-0.2, -0.15) is 0 Å². The quantitative estimate of drug-likeness (QED) is 0.278. The van der Waals surface area contributed by atoms with Crippen molar-refractivity contribution in [1.82, 2.24) is 24.8 Å². The first-order valence-corrected chi connectivity index (χ1v) is 16.4. The Morgan fingerprint density at radius 1 is 0.667 bits per heavy atom. The lowest BCUT2D eigenvalue weighted by Gasteiger charge is -2.08. The molecule has 1 aromatic carbocycles. The summed E-state index contributed by atoms with van der Waals surface area (Å²) in [4.78, 5) is 19.4. The maximum Gasteiger partial charge on any atom is 0.126 e. The SMILES string of the molecule is CC.CC.CN(C)Cc1ccccc1.Cc1nc(C)c2nc(C)nc(C)c2n1.II. The lowest BCUT2D eigenvalue weighted by Crippen LogP contribution is -2.10. The zero-order chi connectivity index (χ0) is 23.7. The van der Waals surface area contributed by atoms with Crippen molar-refractivity contribution in [2.24, 2.45) is 0 Å². The van der Waals surface area contributed by atoms with E-state index in [1.165, 1.54) is 5.56 Å². The van der Waals surface area contributed by atoms with Gasteiger partial charge in [-0.15, -0.1) is 0 Å². The standard InChI is InChI=1S/C10H12N4.C9H13N.2C2H6.I2/c1-5-9-10(14-7(3)11-5)6(2)12-8(4)13-9;1-10(2)8-9-6-4-3-5-7-9;3*1-2/h1-4H3;3-7H,8H2,1-2H3;2*1-2H3;. The molecule has 2 aromatic heterocycles. The summed E-state index contributed by atoms with van der Waals surface area (Å²) in [6, 6.07) is 10.5. The zero-order valence-electron chi connectivity index (χ0n) is 20.1. The Labute approximate surface area is 206 Å². The Morgan fingerprint density at radius 2 is 1.03 bits per heavy atom. The lowest BCUT2D eigenvalue weighted by molar-refractivity contribution is 0.402. The molecule has 5 nitrogen and oxygen atoms in total. The smallest absolute Gasteiger partial charge is 0.126 e. The number of aryl methyl sites for hydroxylation is 4. The summed E-state index contributed by atoms with van der Waals surface area (Å²) in [6.45, 7) is 16.7. The summed E-state index contributed by atoms with van der Waals surface area (Å²) in [6.07, 6.45) is 0. The molecular formula is C23H37I2N5. The van der Waals surface area contributed by atoms with Crippen molar-refractivity contribution < 1.29 is 0 Å². The molecule has 0 N–H and O–H groups in total. The van der Waals surface area contributed by atoms with Crippen LogP contribution in [-0.4, -0.2) is 38.9 Å². The van der Waals surface area contributed by atoms with Gasteiger partial charge in [-0.05, 0) is 47.4 Å². The fourth-order valence-corrected chi connectivity index (χ4v) is 2.52. The molecule has 0 amide bonds. The number of benzene rings is 1. The van der Waals surface area contributed by atoms with Crippen LogP contribution in [0.4, 0.5) is 0 Å². The van der Waals surface area contributed by atoms with Gasteiger partial charge >= 0.3 is 0 Å². The summed E-state index contributed by atoms with van der Waals surface area (Å²) in [5.74, 6) is 1.54. The van der Waals surface area contributed by atoms with Crippen LogP contribution in [0.3, 0.4) is 0 Å². The number of aromatic nitrogens is 4.